The fraction of sp³-hybridized carbons (Fsp3) is 0.750. The molecule has 7 nitrogen and oxygen atoms in total. The minimum Gasteiger partial charge on any atom is -0.382 e. The molecule has 9 heteroatoms. The van der Waals surface area contributed by atoms with Gasteiger partial charge in [0.15, 0.2) is 10.7 Å². The molecule has 1 aromatic rings. The molecule has 0 saturated heterocycles. The summed E-state index contributed by atoms with van der Waals surface area (Å²) in [7, 11) is -0.637. The Labute approximate surface area is 131 Å². The van der Waals surface area contributed by atoms with Gasteiger partial charge in [-0.25, -0.2) is 12.7 Å². The number of likely N-dealkylation sites (N-methyl/N-ethyl adjacent to an activating group) is 1. The molecule has 0 amide bonds. The number of nitrogens with one attached hydrogen (secondary N) is 1. The Morgan fingerprint density at radius 1 is 1.33 bits per heavy atom. The van der Waals surface area contributed by atoms with Gasteiger partial charge in [-0.3, -0.25) is 0 Å². The highest BCUT2D eigenvalue weighted by atomic mass is 32.2. The van der Waals surface area contributed by atoms with Crippen molar-refractivity contribution in [2.45, 2.75) is 31.7 Å². The van der Waals surface area contributed by atoms with Gasteiger partial charge in [0.05, 0.1) is 0 Å². The number of sulfonamides is 1. The lowest BCUT2D eigenvalue weighted by molar-refractivity contribution is 0.295. The lowest BCUT2D eigenvalue weighted by Crippen LogP contribution is -2.35. The van der Waals surface area contributed by atoms with E-state index in [-0.39, 0.29) is 16.8 Å². The first-order valence-corrected chi connectivity index (χ1v) is 9.11. The monoisotopic (exact) mass is 335 g/mol. The van der Waals surface area contributed by atoms with Gasteiger partial charge in [0.25, 0.3) is 0 Å². The molecule has 0 spiro atoms. The van der Waals surface area contributed by atoms with E-state index in [4.69, 9.17) is 5.73 Å². The van der Waals surface area contributed by atoms with Gasteiger partial charge in [0.2, 0.25) is 10.0 Å². The molecule has 0 aliphatic heterocycles. The van der Waals surface area contributed by atoms with Gasteiger partial charge in [-0.05, 0) is 31.5 Å². The van der Waals surface area contributed by atoms with Crippen LogP contribution in [0.25, 0.3) is 0 Å². The third kappa shape index (κ3) is 4.29. The molecule has 1 atom stereocenters. The van der Waals surface area contributed by atoms with Crippen LogP contribution >= 0.6 is 11.5 Å². The van der Waals surface area contributed by atoms with Gasteiger partial charge in [0, 0.05) is 26.7 Å². The van der Waals surface area contributed by atoms with E-state index in [1.54, 1.807) is 0 Å². The molecule has 0 radical (unpaired) electrons. The summed E-state index contributed by atoms with van der Waals surface area (Å²) in [4.78, 5) is 2.34. The van der Waals surface area contributed by atoms with E-state index in [1.807, 2.05) is 6.92 Å². The number of hydrogen-bond donors (Lipinski definition) is 2. The molecule has 1 heterocycles. The first-order valence-electron chi connectivity index (χ1n) is 6.90. The maximum Gasteiger partial charge on any atom is 0.249 e. The van der Waals surface area contributed by atoms with Crippen LogP contribution in [-0.4, -0.2) is 61.8 Å². The number of anilines is 2. The minimum absolute atomic E-state index is 0.0474. The third-order valence-electron chi connectivity index (χ3n) is 3.22. The Kier molecular flexibility index (Phi) is 6.39. The molecule has 0 fully saturated rings. The Balaban J connectivity index is 2.96. The summed E-state index contributed by atoms with van der Waals surface area (Å²) in [5, 5.41) is 3.72. The van der Waals surface area contributed by atoms with Crippen molar-refractivity contribution < 1.29 is 8.42 Å². The van der Waals surface area contributed by atoms with Crippen LogP contribution in [0.15, 0.2) is 4.90 Å². The standard InChI is InChI=1S/C12H25N5O2S2/c1-6-17(7-2)8-9(3)14-12-10(11(13)15-20-12)21(18,19)16(4)5/h9,14H,6-8H2,1-5H3,(H2,13,15). The van der Waals surface area contributed by atoms with Crippen LogP contribution in [0.5, 0.6) is 0 Å². The van der Waals surface area contributed by atoms with Crippen molar-refractivity contribution in [2.24, 2.45) is 0 Å². The normalized spacial score (nSPS) is 13.9. The molecule has 0 aliphatic rings. The summed E-state index contributed by atoms with van der Waals surface area (Å²) in [5.41, 5.74) is 5.74. The van der Waals surface area contributed by atoms with Crippen molar-refractivity contribution in [3.63, 3.8) is 0 Å². The largest absolute Gasteiger partial charge is 0.382 e. The Morgan fingerprint density at radius 3 is 2.38 bits per heavy atom. The van der Waals surface area contributed by atoms with E-state index < -0.39 is 10.0 Å². The van der Waals surface area contributed by atoms with Gasteiger partial charge in [-0.2, -0.15) is 4.37 Å². The Hall–Kier alpha value is -0.900. The summed E-state index contributed by atoms with van der Waals surface area (Å²) < 4.78 is 29.7. The van der Waals surface area contributed by atoms with Crippen molar-refractivity contribution in [3.05, 3.63) is 0 Å². The molecule has 0 aliphatic carbocycles. The van der Waals surface area contributed by atoms with Gasteiger partial charge in [0.1, 0.15) is 5.00 Å². The zero-order valence-electron chi connectivity index (χ0n) is 13.3. The van der Waals surface area contributed by atoms with Crippen LogP contribution in [0.2, 0.25) is 0 Å². The zero-order chi connectivity index (χ0) is 16.2. The van der Waals surface area contributed by atoms with E-state index in [0.29, 0.717) is 5.00 Å². The topological polar surface area (TPSA) is 91.6 Å². The lowest BCUT2D eigenvalue weighted by Gasteiger charge is -2.24. The predicted octanol–water partition coefficient (Wildman–Crippen LogP) is 1.12. The van der Waals surface area contributed by atoms with Crippen LogP contribution in [0.1, 0.15) is 20.8 Å². The molecule has 1 unspecified atom stereocenters. The second kappa shape index (κ2) is 7.39. The lowest BCUT2D eigenvalue weighted by atomic mass is 10.3. The first-order chi connectivity index (χ1) is 9.73. The number of rotatable bonds is 8. The molecule has 21 heavy (non-hydrogen) atoms. The van der Waals surface area contributed by atoms with E-state index >= 15 is 0 Å². The molecule has 1 aromatic heterocycles. The van der Waals surface area contributed by atoms with E-state index in [0.717, 1.165) is 35.5 Å². The highest BCUT2D eigenvalue weighted by Gasteiger charge is 2.28. The molecular formula is C12H25N5O2S2. The summed E-state index contributed by atoms with van der Waals surface area (Å²) in [6.07, 6.45) is 0. The highest BCUT2D eigenvalue weighted by molar-refractivity contribution is 7.89. The highest BCUT2D eigenvalue weighted by Crippen LogP contribution is 2.33. The number of nitrogens with two attached hydrogens (primary N) is 1. The second-order valence-corrected chi connectivity index (χ2v) is 7.91. The van der Waals surface area contributed by atoms with E-state index in [1.165, 1.54) is 14.1 Å². The first kappa shape index (κ1) is 18.1. The fourth-order valence-electron chi connectivity index (χ4n) is 1.96. The molecule has 122 valence electrons. The van der Waals surface area contributed by atoms with Crippen LogP contribution < -0.4 is 11.1 Å². The maximum atomic E-state index is 12.3. The smallest absolute Gasteiger partial charge is 0.249 e. The maximum absolute atomic E-state index is 12.3. The van der Waals surface area contributed by atoms with Crippen LogP contribution in [-0.2, 0) is 10.0 Å². The van der Waals surface area contributed by atoms with E-state index in [2.05, 4.69) is 28.4 Å². The van der Waals surface area contributed by atoms with Crippen molar-refractivity contribution in [3.8, 4) is 0 Å². The number of aromatic nitrogens is 1. The Bertz CT molecular complexity index is 552. The van der Waals surface area contributed by atoms with Crippen molar-refractivity contribution in [2.75, 3.05) is 44.8 Å². The van der Waals surface area contributed by atoms with Crippen molar-refractivity contribution >= 4 is 32.4 Å². The van der Waals surface area contributed by atoms with Crippen LogP contribution in [0.4, 0.5) is 10.8 Å². The molecular weight excluding hydrogens is 310 g/mol. The van der Waals surface area contributed by atoms with Gasteiger partial charge in [-0.15, -0.1) is 0 Å². The third-order valence-corrected chi connectivity index (χ3v) is 6.03. The quantitative estimate of drug-likeness (QED) is 0.740. The second-order valence-electron chi connectivity index (χ2n) is 5.04. The summed E-state index contributed by atoms with van der Waals surface area (Å²) in [5.74, 6) is 0.0474. The van der Waals surface area contributed by atoms with Crippen LogP contribution in [0.3, 0.4) is 0 Å². The summed E-state index contributed by atoms with van der Waals surface area (Å²) in [6.45, 7) is 8.95. The summed E-state index contributed by atoms with van der Waals surface area (Å²) in [6, 6.07) is 0.0980. The molecule has 0 bridgehead atoms. The zero-order valence-corrected chi connectivity index (χ0v) is 14.9. The van der Waals surface area contributed by atoms with Crippen molar-refractivity contribution in [1.82, 2.24) is 13.6 Å². The fourth-order valence-corrected chi connectivity index (χ4v) is 4.13. The number of nitrogens with zero attached hydrogens (tertiary/aromatic N) is 3. The van der Waals surface area contributed by atoms with Gasteiger partial charge < -0.3 is 16.0 Å². The SMILES string of the molecule is CCN(CC)CC(C)Nc1snc(N)c1S(=O)(=O)N(C)C. The molecule has 3 N–H and O–H groups in total. The summed E-state index contributed by atoms with van der Waals surface area (Å²) >= 11 is 1.08. The van der Waals surface area contributed by atoms with Crippen LogP contribution in [0, 0.1) is 0 Å². The van der Waals surface area contributed by atoms with E-state index in [9.17, 15) is 8.42 Å². The van der Waals surface area contributed by atoms with Gasteiger partial charge >= 0.3 is 0 Å². The number of nitrogen functional groups attached to an aromatic ring is 1. The van der Waals surface area contributed by atoms with Crippen molar-refractivity contribution in [1.29, 1.82) is 0 Å². The average molecular weight is 335 g/mol. The molecule has 0 saturated carbocycles. The number of hydrogen-bond acceptors (Lipinski definition) is 7. The average Bonchev–Trinajstić information content (AvgIpc) is 2.77. The minimum atomic E-state index is -3.60. The van der Waals surface area contributed by atoms with Gasteiger partial charge in [-0.1, -0.05) is 13.8 Å². The molecule has 0 aromatic carbocycles. The predicted molar refractivity (Wildman–Crippen MR) is 88.3 cm³/mol. The molecule has 1 rings (SSSR count). The Morgan fingerprint density at radius 2 is 1.90 bits per heavy atom.